The fraction of sp³-hybridized carbons (Fsp3) is 0.318. The van der Waals surface area contributed by atoms with Gasteiger partial charge in [0.15, 0.2) is 11.5 Å². The third-order valence-electron chi connectivity index (χ3n) is 6.12. The molecule has 1 saturated carbocycles. The molecule has 0 unspecified atom stereocenters. The number of benzene rings is 1. The van der Waals surface area contributed by atoms with Crippen molar-refractivity contribution in [3.05, 3.63) is 47.1 Å². The van der Waals surface area contributed by atoms with E-state index < -0.39 is 11.2 Å². The molecule has 1 aliphatic carbocycles. The molecule has 164 valence electrons. The Bertz CT molecular complexity index is 1360. The molecule has 8 nitrogen and oxygen atoms in total. The Morgan fingerprint density at radius 1 is 1.34 bits per heavy atom. The number of halogens is 2. The van der Waals surface area contributed by atoms with E-state index in [0.717, 1.165) is 12.8 Å². The Balaban J connectivity index is 1.50. The molecular formula is C22H21BrFN7O. The maximum atomic E-state index is 14.7. The van der Waals surface area contributed by atoms with Crippen LogP contribution in [0, 0.1) is 11.2 Å². The van der Waals surface area contributed by atoms with E-state index in [9.17, 15) is 9.18 Å². The minimum absolute atomic E-state index is 0.0491. The summed E-state index contributed by atoms with van der Waals surface area (Å²) in [6.45, 7) is 1.98. The molecule has 1 amide bonds. The molecule has 1 aromatic carbocycles. The summed E-state index contributed by atoms with van der Waals surface area (Å²) in [4.78, 5) is 25.4. The third-order valence-corrected chi connectivity index (χ3v) is 6.70. The van der Waals surface area contributed by atoms with E-state index in [2.05, 4.69) is 46.6 Å². The lowest BCUT2D eigenvalue weighted by molar-refractivity contribution is -0.129. The molecule has 10 heteroatoms. The molecule has 0 bridgehead atoms. The molecule has 0 spiro atoms. The summed E-state index contributed by atoms with van der Waals surface area (Å²) in [5.74, 6) is 0.0675. The number of fused-ring (bicyclic) bond motifs is 2. The minimum Gasteiger partial charge on any atom is -0.359 e. The maximum Gasteiger partial charge on any atom is 0.225 e. The highest BCUT2D eigenvalue weighted by atomic mass is 79.9. The molecule has 0 saturated heterocycles. The Kier molecular flexibility index (Phi) is 5.04. The summed E-state index contributed by atoms with van der Waals surface area (Å²) in [7, 11) is 1.66. The quantitative estimate of drug-likeness (QED) is 0.442. The van der Waals surface area contributed by atoms with Crippen LogP contribution in [0.15, 0.2) is 41.3 Å². The minimum atomic E-state index is -0.426. The zero-order valence-electron chi connectivity index (χ0n) is 17.6. The fourth-order valence-electron chi connectivity index (χ4n) is 4.43. The summed E-state index contributed by atoms with van der Waals surface area (Å²) in [5, 5.41) is 12.0. The van der Waals surface area contributed by atoms with Crippen molar-refractivity contribution in [1.82, 2.24) is 30.0 Å². The number of carbonyl (C=O) groups is 1. The Labute approximate surface area is 191 Å². The Hall–Kier alpha value is -3.14. The average Bonchev–Trinajstić information content (AvgIpc) is 3.33. The number of hydrogen-bond acceptors (Lipinski definition) is 6. The normalized spacial score (nSPS) is 20.7. The summed E-state index contributed by atoms with van der Waals surface area (Å²) in [6, 6.07) is 6.88. The second-order valence-electron chi connectivity index (χ2n) is 8.36. The molecule has 2 N–H and O–H groups in total. The van der Waals surface area contributed by atoms with Gasteiger partial charge in [0.25, 0.3) is 0 Å². The molecule has 0 radical (unpaired) electrons. The summed E-state index contributed by atoms with van der Waals surface area (Å²) < 4.78 is 16.8. The van der Waals surface area contributed by atoms with Crippen LogP contribution in [0.1, 0.15) is 26.2 Å². The van der Waals surface area contributed by atoms with Crippen molar-refractivity contribution in [2.75, 3.05) is 12.4 Å². The summed E-state index contributed by atoms with van der Waals surface area (Å²) in [6.07, 6.45) is 5.58. The first-order valence-corrected chi connectivity index (χ1v) is 11.1. The monoisotopic (exact) mass is 497 g/mol. The first-order valence-electron chi connectivity index (χ1n) is 10.3. The van der Waals surface area contributed by atoms with E-state index >= 15 is 0 Å². The zero-order chi connectivity index (χ0) is 22.5. The van der Waals surface area contributed by atoms with Crippen molar-refractivity contribution in [2.24, 2.45) is 5.41 Å². The van der Waals surface area contributed by atoms with Gasteiger partial charge in [0.1, 0.15) is 10.1 Å². The van der Waals surface area contributed by atoms with E-state index in [-0.39, 0.29) is 11.9 Å². The number of nitrogens with zero attached hydrogens (tertiary/aromatic N) is 5. The fourth-order valence-corrected chi connectivity index (χ4v) is 4.87. The maximum absolute atomic E-state index is 14.7. The van der Waals surface area contributed by atoms with Gasteiger partial charge in [-0.05, 0) is 47.3 Å². The second-order valence-corrected chi connectivity index (χ2v) is 9.11. The van der Waals surface area contributed by atoms with Crippen molar-refractivity contribution >= 4 is 49.7 Å². The van der Waals surface area contributed by atoms with Crippen LogP contribution in [0.5, 0.6) is 0 Å². The van der Waals surface area contributed by atoms with Crippen LogP contribution in [-0.4, -0.2) is 43.7 Å². The molecular weight excluding hydrogens is 477 g/mol. The largest absolute Gasteiger partial charge is 0.359 e. The van der Waals surface area contributed by atoms with Gasteiger partial charge >= 0.3 is 0 Å². The number of amides is 1. The highest BCUT2D eigenvalue weighted by molar-refractivity contribution is 9.10. The molecule has 0 aliphatic heterocycles. The molecule has 3 aromatic heterocycles. The van der Waals surface area contributed by atoms with Gasteiger partial charge in [-0.1, -0.05) is 13.0 Å². The van der Waals surface area contributed by atoms with Gasteiger partial charge in [-0.15, -0.1) is 0 Å². The number of anilines is 1. The third kappa shape index (κ3) is 3.48. The first kappa shape index (κ1) is 20.7. The van der Waals surface area contributed by atoms with Crippen molar-refractivity contribution in [3.63, 3.8) is 0 Å². The summed E-state index contributed by atoms with van der Waals surface area (Å²) in [5.41, 5.74) is 0.988. The number of pyridine rings is 1. The molecule has 2 atom stereocenters. The topological polar surface area (TPSA) is 97.6 Å². The van der Waals surface area contributed by atoms with Crippen LogP contribution in [0.25, 0.3) is 27.6 Å². The number of hydrogen-bond donors (Lipinski definition) is 2. The van der Waals surface area contributed by atoms with Crippen LogP contribution >= 0.6 is 15.9 Å². The van der Waals surface area contributed by atoms with Crippen LogP contribution in [0.3, 0.4) is 0 Å². The molecule has 4 aromatic rings. The van der Waals surface area contributed by atoms with Gasteiger partial charge < -0.3 is 10.6 Å². The molecule has 32 heavy (non-hydrogen) atoms. The van der Waals surface area contributed by atoms with Crippen molar-refractivity contribution in [2.45, 2.75) is 32.2 Å². The Morgan fingerprint density at radius 3 is 3.00 bits per heavy atom. The lowest BCUT2D eigenvalue weighted by atomic mass is 9.87. The van der Waals surface area contributed by atoms with Crippen LogP contribution < -0.4 is 10.6 Å². The number of carbonyl (C=O) groups excluding carboxylic acids is 1. The van der Waals surface area contributed by atoms with Crippen LogP contribution in [0.4, 0.5) is 10.3 Å². The van der Waals surface area contributed by atoms with Crippen molar-refractivity contribution in [3.8, 4) is 5.69 Å². The number of rotatable bonds is 4. The van der Waals surface area contributed by atoms with Gasteiger partial charge in [-0.3, -0.25) is 9.78 Å². The SMILES string of the molecule is CNC(=O)[C@]1(C)CC[C@@H](Nc2ncc3c(Br)nn(-c4cc(F)c5ncccc5c4)c3n2)C1. The van der Waals surface area contributed by atoms with Crippen molar-refractivity contribution < 1.29 is 9.18 Å². The van der Waals surface area contributed by atoms with E-state index in [4.69, 9.17) is 0 Å². The molecule has 1 fully saturated rings. The molecule has 1 aliphatic rings. The van der Waals surface area contributed by atoms with Crippen molar-refractivity contribution in [1.29, 1.82) is 0 Å². The summed E-state index contributed by atoms with van der Waals surface area (Å²) >= 11 is 3.45. The molecule has 3 heterocycles. The first-order chi connectivity index (χ1) is 15.4. The number of aromatic nitrogens is 5. The number of nitrogens with one attached hydrogen (secondary N) is 2. The smallest absolute Gasteiger partial charge is 0.225 e. The predicted molar refractivity (Wildman–Crippen MR) is 123 cm³/mol. The van der Waals surface area contributed by atoms with Crippen LogP contribution in [0.2, 0.25) is 0 Å². The standard InChI is InChI=1S/C22H21BrFN7O/c1-22(20(32)25-2)6-5-13(10-22)28-21-27-11-15-18(23)30-31(19(15)29-21)14-8-12-4-3-7-26-17(12)16(24)9-14/h3-4,7-9,11,13H,5-6,10H2,1-2H3,(H,25,32)(H,27,28,29)/t13-,22-/m1/s1. The van der Waals surface area contributed by atoms with Gasteiger partial charge in [0, 0.05) is 42.4 Å². The lowest BCUT2D eigenvalue weighted by Crippen LogP contribution is -2.35. The van der Waals surface area contributed by atoms with E-state index in [1.807, 2.05) is 13.0 Å². The van der Waals surface area contributed by atoms with Gasteiger partial charge in [0.05, 0.1) is 11.1 Å². The zero-order valence-corrected chi connectivity index (χ0v) is 19.1. The van der Waals surface area contributed by atoms with Gasteiger partial charge in [-0.25, -0.2) is 14.1 Å². The van der Waals surface area contributed by atoms with E-state index in [0.29, 0.717) is 44.6 Å². The van der Waals surface area contributed by atoms with Gasteiger partial charge in [0.2, 0.25) is 11.9 Å². The highest BCUT2D eigenvalue weighted by Gasteiger charge is 2.40. The van der Waals surface area contributed by atoms with E-state index in [1.54, 1.807) is 36.3 Å². The highest BCUT2D eigenvalue weighted by Crippen LogP contribution is 2.39. The van der Waals surface area contributed by atoms with E-state index in [1.165, 1.54) is 6.07 Å². The Morgan fingerprint density at radius 2 is 2.19 bits per heavy atom. The van der Waals surface area contributed by atoms with Crippen LogP contribution in [-0.2, 0) is 4.79 Å². The van der Waals surface area contributed by atoms with Gasteiger partial charge in [-0.2, -0.15) is 10.1 Å². The molecule has 5 rings (SSSR count). The lowest BCUT2D eigenvalue weighted by Gasteiger charge is -2.22. The predicted octanol–water partition coefficient (Wildman–Crippen LogP) is 3.98. The average molecular weight is 498 g/mol. The second kappa shape index (κ2) is 7.77.